The Hall–Kier alpha value is -6.10. The molecule has 3 heterocycles. The van der Waals surface area contributed by atoms with Crippen LogP contribution in [-0.4, -0.2) is 14.5 Å². The Labute approximate surface area is 340 Å². The monoisotopic (exact) mass is 761 g/mol. The summed E-state index contributed by atoms with van der Waals surface area (Å²) < 4.78 is 4.68. The van der Waals surface area contributed by atoms with Crippen molar-refractivity contribution in [2.24, 2.45) is 23.7 Å². The van der Waals surface area contributed by atoms with E-state index in [0.717, 1.165) is 56.2 Å². The number of fused-ring (bicyclic) bond motifs is 11. The van der Waals surface area contributed by atoms with Crippen LogP contribution in [0.5, 0.6) is 0 Å². The van der Waals surface area contributed by atoms with E-state index in [9.17, 15) is 0 Å². The molecular formula is C54H39N3S. The van der Waals surface area contributed by atoms with Gasteiger partial charge in [0.05, 0.1) is 26.9 Å². The lowest BCUT2D eigenvalue weighted by atomic mass is 9.43. The molecule has 4 saturated carbocycles. The molecule has 4 bridgehead atoms. The second-order valence-corrected chi connectivity index (χ2v) is 18.8. The van der Waals surface area contributed by atoms with E-state index in [4.69, 9.17) is 9.97 Å². The van der Waals surface area contributed by atoms with E-state index in [2.05, 4.69) is 156 Å². The first kappa shape index (κ1) is 31.9. The van der Waals surface area contributed by atoms with Crippen molar-refractivity contribution in [2.45, 2.75) is 37.5 Å². The minimum absolute atomic E-state index is 0.143. The third-order valence-corrected chi connectivity index (χ3v) is 16.2. The van der Waals surface area contributed by atoms with Crippen LogP contribution in [-0.2, 0) is 5.41 Å². The average molecular weight is 762 g/mol. The van der Waals surface area contributed by atoms with Crippen LogP contribution in [0.2, 0.25) is 0 Å². The highest BCUT2D eigenvalue weighted by Crippen LogP contribution is 2.69. The predicted molar refractivity (Wildman–Crippen MR) is 241 cm³/mol. The van der Waals surface area contributed by atoms with E-state index in [-0.39, 0.29) is 5.41 Å². The van der Waals surface area contributed by atoms with Gasteiger partial charge in [-0.25, -0.2) is 9.97 Å². The number of rotatable bonds is 3. The van der Waals surface area contributed by atoms with Gasteiger partial charge in [-0.2, -0.15) is 0 Å². The highest BCUT2D eigenvalue weighted by molar-refractivity contribution is 7.26. The smallest absolute Gasteiger partial charge is 0.235 e. The zero-order chi connectivity index (χ0) is 37.7. The minimum Gasteiger partial charge on any atom is -0.278 e. The van der Waals surface area contributed by atoms with Crippen LogP contribution in [0.15, 0.2) is 152 Å². The van der Waals surface area contributed by atoms with Crippen LogP contribution in [0.1, 0.15) is 43.2 Å². The fourth-order valence-corrected chi connectivity index (χ4v) is 14.1. The normalized spacial score (nSPS) is 22.9. The number of thiophene rings is 1. The van der Waals surface area contributed by atoms with Crippen LogP contribution in [0.25, 0.3) is 92.3 Å². The number of hydrogen-bond donors (Lipinski definition) is 0. The van der Waals surface area contributed by atoms with Gasteiger partial charge in [0.15, 0.2) is 0 Å². The average Bonchev–Trinajstić information content (AvgIpc) is 3.91. The Balaban J connectivity index is 1.01. The molecule has 0 amide bonds. The maximum Gasteiger partial charge on any atom is 0.235 e. The number of aromatic nitrogens is 3. The second-order valence-electron chi connectivity index (χ2n) is 17.7. The molecule has 4 fully saturated rings. The van der Waals surface area contributed by atoms with Crippen LogP contribution >= 0.6 is 11.3 Å². The lowest BCUT2D eigenvalue weighted by molar-refractivity contribution is -0.0399. The van der Waals surface area contributed by atoms with Crippen molar-refractivity contribution in [2.75, 3.05) is 0 Å². The molecule has 5 aliphatic rings. The van der Waals surface area contributed by atoms with Gasteiger partial charge in [-0.3, -0.25) is 4.57 Å². The third-order valence-electron chi connectivity index (χ3n) is 15.0. The lowest BCUT2D eigenvalue weighted by Crippen LogP contribution is -2.55. The molecule has 0 unspecified atom stereocenters. The first-order valence-electron chi connectivity index (χ1n) is 21.2. The Bertz CT molecular complexity index is 3340. The quantitative estimate of drug-likeness (QED) is 0.179. The van der Waals surface area contributed by atoms with Gasteiger partial charge >= 0.3 is 0 Å². The van der Waals surface area contributed by atoms with E-state index in [1.807, 2.05) is 0 Å². The Morgan fingerprint density at radius 3 is 2.07 bits per heavy atom. The fraction of sp³-hybridized carbons (Fsp3) is 0.185. The van der Waals surface area contributed by atoms with Crippen LogP contribution in [0.4, 0.5) is 0 Å². The van der Waals surface area contributed by atoms with Crippen molar-refractivity contribution in [3.63, 3.8) is 0 Å². The van der Waals surface area contributed by atoms with Crippen LogP contribution in [0.3, 0.4) is 0 Å². The van der Waals surface area contributed by atoms with E-state index in [1.54, 1.807) is 22.5 Å². The van der Waals surface area contributed by atoms with Crippen molar-refractivity contribution in [3.8, 4) is 39.5 Å². The number of nitrogens with zero attached hydrogens (tertiary/aromatic N) is 3. The highest BCUT2D eigenvalue weighted by Gasteiger charge is 2.61. The molecule has 15 rings (SSSR count). The molecule has 3 aromatic heterocycles. The summed E-state index contributed by atoms with van der Waals surface area (Å²) in [5.41, 5.74) is 14.2. The zero-order valence-corrected chi connectivity index (χ0v) is 32.8. The molecule has 0 atom stereocenters. The largest absolute Gasteiger partial charge is 0.278 e. The number of benzene rings is 7. The fourth-order valence-electron chi connectivity index (χ4n) is 13.0. The Kier molecular flexibility index (Phi) is 6.34. The standard InChI is InChI=1S/C54H39N3S/c1-2-11-34(12-3-1)50-52-51(42-15-7-9-17-48(42)58-52)56-53(55-50)57-46-22-20-35(29-43(46)49-39-13-5-4-10-33(39)19-23-47(49)57)36-18-21-41-40-14-6-8-16-44(40)54(45(41)30-36)37-25-31-24-32(27-37)28-38(54)26-31/h1-23,29-32,37-38H,24-28H2. The van der Waals surface area contributed by atoms with Crippen LogP contribution < -0.4 is 0 Å². The van der Waals surface area contributed by atoms with Gasteiger partial charge in [-0.1, -0.05) is 121 Å². The van der Waals surface area contributed by atoms with Gasteiger partial charge in [-0.05, 0) is 130 Å². The van der Waals surface area contributed by atoms with Crippen molar-refractivity contribution >= 4 is 64.2 Å². The Morgan fingerprint density at radius 2 is 1.21 bits per heavy atom. The molecule has 0 saturated heterocycles. The van der Waals surface area contributed by atoms with Crippen molar-refractivity contribution in [1.82, 2.24) is 14.5 Å². The summed E-state index contributed by atoms with van der Waals surface area (Å²) in [5.74, 6) is 4.04. The Morgan fingerprint density at radius 1 is 0.517 bits per heavy atom. The van der Waals surface area contributed by atoms with Gasteiger partial charge < -0.3 is 0 Å². The second kappa shape index (κ2) is 11.5. The summed E-state index contributed by atoms with van der Waals surface area (Å²) in [5, 5.41) is 6.15. The molecule has 7 aromatic carbocycles. The van der Waals surface area contributed by atoms with E-state index in [0.29, 0.717) is 5.95 Å². The molecule has 276 valence electrons. The molecule has 0 aliphatic heterocycles. The number of hydrogen-bond acceptors (Lipinski definition) is 3. The van der Waals surface area contributed by atoms with Gasteiger partial charge in [0.1, 0.15) is 0 Å². The SMILES string of the molecule is c1ccc(-c2nc(-n3c4ccc(-c5ccc6c(c5)C5(c7ccccc7-6)C6CC7CC(C6)CC5C7)cc4c4c5ccccc5ccc43)nc3c2sc2ccccc23)cc1. The predicted octanol–water partition coefficient (Wildman–Crippen LogP) is 14.2. The summed E-state index contributed by atoms with van der Waals surface area (Å²) in [6.07, 6.45) is 7.04. The van der Waals surface area contributed by atoms with E-state index >= 15 is 0 Å². The highest BCUT2D eigenvalue weighted by atomic mass is 32.1. The van der Waals surface area contributed by atoms with Gasteiger partial charge in [-0.15, -0.1) is 11.3 Å². The molecule has 0 radical (unpaired) electrons. The summed E-state index contributed by atoms with van der Waals surface area (Å²) in [6.45, 7) is 0. The van der Waals surface area contributed by atoms with E-state index in [1.165, 1.54) is 86.0 Å². The van der Waals surface area contributed by atoms with Gasteiger partial charge in [0, 0.05) is 31.8 Å². The molecule has 1 spiro atoms. The molecule has 5 aliphatic carbocycles. The zero-order valence-electron chi connectivity index (χ0n) is 32.0. The van der Waals surface area contributed by atoms with Crippen molar-refractivity contribution < 1.29 is 0 Å². The van der Waals surface area contributed by atoms with E-state index < -0.39 is 0 Å². The third kappa shape index (κ3) is 4.13. The maximum atomic E-state index is 5.48. The van der Waals surface area contributed by atoms with Gasteiger partial charge in [0.25, 0.3) is 0 Å². The van der Waals surface area contributed by atoms with Crippen molar-refractivity contribution in [1.29, 1.82) is 0 Å². The molecule has 10 aromatic rings. The summed E-state index contributed by atoms with van der Waals surface area (Å²) in [7, 11) is 0. The molecule has 58 heavy (non-hydrogen) atoms. The lowest BCUT2D eigenvalue weighted by Gasteiger charge is -2.61. The molecule has 0 N–H and O–H groups in total. The summed E-state index contributed by atoms with van der Waals surface area (Å²) in [6, 6.07) is 56.7. The maximum absolute atomic E-state index is 5.48. The molecular weight excluding hydrogens is 723 g/mol. The first-order chi connectivity index (χ1) is 28.7. The first-order valence-corrected chi connectivity index (χ1v) is 22.0. The van der Waals surface area contributed by atoms with Crippen LogP contribution in [0, 0.1) is 23.7 Å². The van der Waals surface area contributed by atoms with Gasteiger partial charge in [0.2, 0.25) is 5.95 Å². The minimum atomic E-state index is 0.143. The molecule has 3 nitrogen and oxygen atoms in total. The summed E-state index contributed by atoms with van der Waals surface area (Å²) >= 11 is 1.78. The summed E-state index contributed by atoms with van der Waals surface area (Å²) in [4.78, 5) is 10.9. The molecule has 4 heteroatoms. The topological polar surface area (TPSA) is 30.7 Å². The van der Waals surface area contributed by atoms with Crippen molar-refractivity contribution in [3.05, 3.63) is 163 Å².